The Morgan fingerprint density at radius 1 is 1.21 bits per heavy atom. The zero-order valence-corrected chi connectivity index (χ0v) is 8.54. The Morgan fingerprint density at radius 3 is 2.29 bits per heavy atom. The number of primary amides is 1. The normalized spacial score (nSPS) is 9.79. The molecule has 0 aromatic rings. The second-order valence-electron chi connectivity index (χ2n) is 3.00. The van der Waals surface area contributed by atoms with Crippen LogP contribution in [0.25, 0.3) is 0 Å². The fraction of sp³-hybridized carbons (Fsp3) is 0.778. The molecule has 0 spiro atoms. The fourth-order valence-electron chi connectivity index (χ4n) is 0.972. The van der Waals surface area contributed by atoms with E-state index in [1.54, 1.807) is 0 Å². The first-order chi connectivity index (χ1) is 6.66. The lowest BCUT2D eigenvalue weighted by atomic mass is 10.3. The molecule has 5 heteroatoms. The summed E-state index contributed by atoms with van der Waals surface area (Å²) in [6.07, 6.45) is 2.33. The fourth-order valence-corrected chi connectivity index (χ4v) is 0.972. The monoisotopic (exact) mass is 202 g/mol. The lowest BCUT2D eigenvalue weighted by molar-refractivity contribution is -0.140. The van der Waals surface area contributed by atoms with E-state index in [-0.39, 0.29) is 11.9 Å². The van der Waals surface area contributed by atoms with Gasteiger partial charge < -0.3 is 15.8 Å². The van der Waals surface area contributed by atoms with Gasteiger partial charge in [0, 0.05) is 12.8 Å². The zero-order valence-electron chi connectivity index (χ0n) is 8.54. The predicted molar refractivity (Wildman–Crippen MR) is 52.5 cm³/mol. The highest BCUT2D eigenvalue weighted by molar-refractivity contribution is 5.73. The molecule has 1 amide bonds. The summed E-state index contributed by atoms with van der Waals surface area (Å²) < 4.78 is 4.48. The van der Waals surface area contributed by atoms with Gasteiger partial charge in [-0.15, -0.1) is 0 Å². The van der Waals surface area contributed by atoms with Crippen LogP contribution in [-0.4, -0.2) is 32.1 Å². The van der Waals surface area contributed by atoms with Gasteiger partial charge in [0.1, 0.15) is 0 Å². The number of hydrogen-bond acceptors (Lipinski definition) is 4. The molecule has 0 rings (SSSR count). The molecule has 0 aliphatic rings. The smallest absolute Gasteiger partial charge is 0.305 e. The molecule has 82 valence electrons. The van der Waals surface area contributed by atoms with Crippen LogP contribution in [0.15, 0.2) is 0 Å². The molecule has 0 aliphatic heterocycles. The van der Waals surface area contributed by atoms with Crippen molar-refractivity contribution in [2.24, 2.45) is 5.73 Å². The third kappa shape index (κ3) is 8.99. The van der Waals surface area contributed by atoms with Gasteiger partial charge in [-0.25, -0.2) is 0 Å². The van der Waals surface area contributed by atoms with Crippen molar-refractivity contribution in [3.8, 4) is 0 Å². The SMILES string of the molecule is COC(=O)CCCNCCCC(N)=O. The average molecular weight is 202 g/mol. The number of nitrogens with one attached hydrogen (secondary N) is 1. The molecule has 0 aliphatic carbocycles. The summed E-state index contributed by atoms with van der Waals surface area (Å²) in [5.74, 6) is -0.467. The molecule has 0 unspecified atom stereocenters. The maximum Gasteiger partial charge on any atom is 0.305 e. The van der Waals surface area contributed by atoms with Crippen molar-refractivity contribution in [2.75, 3.05) is 20.2 Å². The van der Waals surface area contributed by atoms with Crippen molar-refractivity contribution in [3.63, 3.8) is 0 Å². The molecule has 0 radical (unpaired) electrons. The van der Waals surface area contributed by atoms with Gasteiger partial charge in [-0.2, -0.15) is 0 Å². The number of methoxy groups -OCH3 is 1. The molecule has 3 N–H and O–H groups in total. The Balaban J connectivity index is 3.06. The van der Waals surface area contributed by atoms with E-state index < -0.39 is 0 Å². The summed E-state index contributed by atoms with van der Waals surface area (Å²) in [7, 11) is 1.38. The molecular formula is C9H18N2O3. The summed E-state index contributed by atoms with van der Waals surface area (Å²) >= 11 is 0. The Labute approximate surface area is 84.0 Å². The van der Waals surface area contributed by atoms with Crippen molar-refractivity contribution in [2.45, 2.75) is 25.7 Å². The Hall–Kier alpha value is -1.10. The Morgan fingerprint density at radius 2 is 1.79 bits per heavy atom. The molecule has 0 fully saturated rings. The molecule has 0 atom stereocenters. The van der Waals surface area contributed by atoms with Gasteiger partial charge in [-0.1, -0.05) is 0 Å². The minimum Gasteiger partial charge on any atom is -0.469 e. The molecule has 0 aromatic heterocycles. The molecule has 0 bridgehead atoms. The van der Waals surface area contributed by atoms with Crippen molar-refractivity contribution >= 4 is 11.9 Å². The van der Waals surface area contributed by atoms with Crippen LogP contribution in [0.4, 0.5) is 0 Å². The molecule has 0 saturated carbocycles. The highest BCUT2D eigenvalue weighted by Gasteiger charge is 1.98. The number of ether oxygens (including phenoxy) is 1. The van der Waals surface area contributed by atoms with Gasteiger partial charge in [-0.3, -0.25) is 9.59 Å². The van der Waals surface area contributed by atoms with E-state index in [0.29, 0.717) is 12.8 Å². The first-order valence-electron chi connectivity index (χ1n) is 4.72. The minimum atomic E-state index is -0.277. The molecule has 0 aromatic carbocycles. The van der Waals surface area contributed by atoms with Crippen LogP contribution >= 0.6 is 0 Å². The number of nitrogens with two attached hydrogens (primary N) is 1. The number of rotatable bonds is 8. The van der Waals surface area contributed by atoms with Crippen molar-refractivity contribution in [3.05, 3.63) is 0 Å². The van der Waals surface area contributed by atoms with Crippen LogP contribution < -0.4 is 11.1 Å². The Bertz CT molecular complexity index is 183. The molecule has 5 nitrogen and oxygen atoms in total. The number of amides is 1. The summed E-state index contributed by atoms with van der Waals surface area (Å²) in [6.45, 7) is 1.51. The van der Waals surface area contributed by atoms with E-state index >= 15 is 0 Å². The maximum absolute atomic E-state index is 10.7. The second kappa shape index (κ2) is 8.50. The Kier molecular flexibility index (Phi) is 7.83. The zero-order chi connectivity index (χ0) is 10.8. The van der Waals surface area contributed by atoms with E-state index in [4.69, 9.17) is 5.73 Å². The number of hydrogen-bond donors (Lipinski definition) is 2. The third-order valence-electron chi connectivity index (χ3n) is 1.74. The van der Waals surface area contributed by atoms with Gasteiger partial charge in [0.25, 0.3) is 0 Å². The molecule has 14 heavy (non-hydrogen) atoms. The predicted octanol–water partition coefficient (Wildman–Crippen LogP) is -0.205. The third-order valence-corrected chi connectivity index (χ3v) is 1.74. The quantitative estimate of drug-likeness (QED) is 0.421. The topological polar surface area (TPSA) is 81.4 Å². The van der Waals surface area contributed by atoms with Crippen LogP contribution in [0.3, 0.4) is 0 Å². The molecule has 0 saturated heterocycles. The van der Waals surface area contributed by atoms with Gasteiger partial charge >= 0.3 is 5.97 Å². The second-order valence-corrected chi connectivity index (χ2v) is 3.00. The summed E-state index contributed by atoms with van der Waals surface area (Å²) in [5.41, 5.74) is 4.96. The summed E-state index contributed by atoms with van der Waals surface area (Å²) in [6, 6.07) is 0. The van der Waals surface area contributed by atoms with Crippen molar-refractivity contribution in [1.29, 1.82) is 0 Å². The van der Waals surface area contributed by atoms with Crippen LogP contribution in [-0.2, 0) is 14.3 Å². The van der Waals surface area contributed by atoms with Crippen LogP contribution in [0.1, 0.15) is 25.7 Å². The van der Waals surface area contributed by atoms with E-state index in [2.05, 4.69) is 10.1 Å². The maximum atomic E-state index is 10.7. The largest absolute Gasteiger partial charge is 0.469 e. The number of carbonyl (C=O) groups is 2. The summed E-state index contributed by atoms with van der Waals surface area (Å²) in [5, 5.41) is 3.10. The van der Waals surface area contributed by atoms with E-state index in [0.717, 1.165) is 25.9 Å². The lowest BCUT2D eigenvalue weighted by Gasteiger charge is -2.02. The molecule has 0 heterocycles. The van der Waals surface area contributed by atoms with Gasteiger partial charge in [-0.05, 0) is 25.9 Å². The van der Waals surface area contributed by atoms with E-state index in [1.165, 1.54) is 7.11 Å². The van der Waals surface area contributed by atoms with Crippen LogP contribution in [0.2, 0.25) is 0 Å². The standard InChI is InChI=1S/C9H18N2O3/c1-14-9(13)5-3-7-11-6-2-4-8(10)12/h11H,2-7H2,1H3,(H2,10,12). The van der Waals surface area contributed by atoms with Crippen LogP contribution in [0.5, 0.6) is 0 Å². The number of carbonyl (C=O) groups excluding carboxylic acids is 2. The van der Waals surface area contributed by atoms with Gasteiger partial charge in [0.15, 0.2) is 0 Å². The highest BCUT2D eigenvalue weighted by Crippen LogP contribution is 1.90. The van der Waals surface area contributed by atoms with Gasteiger partial charge in [0.05, 0.1) is 7.11 Å². The highest BCUT2D eigenvalue weighted by atomic mass is 16.5. The lowest BCUT2D eigenvalue weighted by Crippen LogP contribution is -2.20. The van der Waals surface area contributed by atoms with Crippen molar-refractivity contribution in [1.82, 2.24) is 5.32 Å². The average Bonchev–Trinajstić information content (AvgIpc) is 2.15. The van der Waals surface area contributed by atoms with Crippen LogP contribution in [0, 0.1) is 0 Å². The molecular weight excluding hydrogens is 184 g/mol. The summed E-state index contributed by atoms with van der Waals surface area (Å²) in [4.78, 5) is 21.0. The van der Waals surface area contributed by atoms with Crippen molar-refractivity contribution < 1.29 is 14.3 Å². The number of esters is 1. The first kappa shape index (κ1) is 12.9. The van der Waals surface area contributed by atoms with E-state index in [9.17, 15) is 9.59 Å². The van der Waals surface area contributed by atoms with Gasteiger partial charge in [0.2, 0.25) is 5.91 Å². The first-order valence-corrected chi connectivity index (χ1v) is 4.72. The minimum absolute atomic E-state index is 0.191. The van der Waals surface area contributed by atoms with E-state index in [1.807, 2.05) is 0 Å².